The van der Waals surface area contributed by atoms with Crippen molar-refractivity contribution in [2.45, 2.75) is 13.3 Å². The van der Waals surface area contributed by atoms with Gasteiger partial charge >= 0.3 is 0 Å². The lowest BCUT2D eigenvalue weighted by atomic mass is 9.87. The summed E-state index contributed by atoms with van der Waals surface area (Å²) in [6.07, 6.45) is 4.38. The molecule has 0 aromatic heterocycles. The second-order valence-electron chi connectivity index (χ2n) is 5.40. The Balaban J connectivity index is 1.97. The first-order chi connectivity index (χ1) is 9.61. The molecule has 1 aromatic carbocycles. The van der Waals surface area contributed by atoms with E-state index in [2.05, 4.69) is 6.92 Å². The number of halogens is 1. The van der Waals surface area contributed by atoms with Gasteiger partial charge in [-0.05, 0) is 42.5 Å². The van der Waals surface area contributed by atoms with E-state index in [0.29, 0.717) is 23.4 Å². The highest BCUT2D eigenvalue weighted by Gasteiger charge is 2.26. The minimum absolute atomic E-state index is 0.0484. The highest BCUT2D eigenvalue weighted by Crippen LogP contribution is 2.23. The molecule has 1 fully saturated rings. The van der Waals surface area contributed by atoms with Crippen molar-refractivity contribution in [3.05, 3.63) is 40.9 Å². The van der Waals surface area contributed by atoms with Gasteiger partial charge in [0.15, 0.2) is 0 Å². The number of hydrogen-bond acceptors (Lipinski definition) is 2. The number of carbonyl (C=O) groups excluding carboxylic acids is 1. The Kier molecular flexibility index (Phi) is 5.21. The van der Waals surface area contributed by atoms with Crippen molar-refractivity contribution in [2.75, 3.05) is 19.6 Å². The molecule has 1 amide bonds. The Morgan fingerprint density at radius 1 is 1.50 bits per heavy atom. The summed E-state index contributed by atoms with van der Waals surface area (Å²) in [7, 11) is 0. The topological polar surface area (TPSA) is 46.3 Å². The third kappa shape index (κ3) is 3.62. The van der Waals surface area contributed by atoms with Crippen molar-refractivity contribution in [1.29, 1.82) is 0 Å². The van der Waals surface area contributed by atoms with E-state index in [1.807, 2.05) is 29.2 Å². The van der Waals surface area contributed by atoms with E-state index in [1.54, 1.807) is 12.2 Å². The summed E-state index contributed by atoms with van der Waals surface area (Å²) in [5.41, 5.74) is 6.60. The van der Waals surface area contributed by atoms with Gasteiger partial charge in [0.1, 0.15) is 0 Å². The smallest absolute Gasteiger partial charge is 0.246 e. The first kappa shape index (κ1) is 15.1. The van der Waals surface area contributed by atoms with Gasteiger partial charge in [0, 0.05) is 24.2 Å². The summed E-state index contributed by atoms with van der Waals surface area (Å²) in [6, 6.07) is 7.50. The van der Waals surface area contributed by atoms with Crippen molar-refractivity contribution in [2.24, 2.45) is 17.6 Å². The number of likely N-dealkylation sites (tertiary alicyclic amines) is 1. The molecule has 0 aliphatic carbocycles. The molecule has 4 heteroatoms. The third-order valence-electron chi connectivity index (χ3n) is 4.01. The van der Waals surface area contributed by atoms with Crippen LogP contribution < -0.4 is 5.73 Å². The van der Waals surface area contributed by atoms with Crippen LogP contribution in [0.2, 0.25) is 5.02 Å². The van der Waals surface area contributed by atoms with Gasteiger partial charge in [-0.2, -0.15) is 0 Å². The van der Waals surface area contributed by atoms with Crippen LogP contribution in [0.15, 0.2) is 30.3 Å². The number of carbonyl (C=O) groups is 1. The van der Waals surface area contributed by atoms with Crippen molar-refractivity contribution >= 4 is 23.6 Å². The molecule has 0 radical (unpaired) electrons. The van der Waals surface area contributed by atoms with Gasteiger partial charge in [-0.15, -0.1) is 0 Å². The standard InChI is InChI=1S/C16H21ClN2O/c1-12-11-19(9-8-14(12)10-18)16(20)7-6-13-4-2-3-5-15(13)17/h2-7,12,14H,8-11,18H2,1H3/b7-6+. The van der Waals surface area contributed by atoms with Crippen LogP contribution in [-0.2, 0) is 4.79 Å². The molecule has 0 saturated carbocycles. The predicted molar refractivity (Wildman–Crippen MR) is 83.4 cm³/mol. The molecule has 2 unspecified atom stereocenters. The molecular weight excluding hydrogens is 272 g/mol. The predicted octanol–water partition coefficient (Wildman–Crippen LogP) is 2.80. The summed E-state index contributed by atoms with van der Waals surface area (Å²) in [5, 5.41) is 0.659. The van der Waals surface area contributed by atoms with Crippen molar-refractivity contribution in [3.8, 4) is 0 Å². The largest absolute Gasteiger partial charge is 0.339 e. The number of benzene rings is 1. The van der Waals surface area contributed by atoms with E-state index < -0.39 is 0 Å². The number of nitrogens with two attached hydrogens (primary N) is 1. The van der Waals surface area contributed by atoms with Crippen molar-refractivity contribution < 1.29 is 4.79 Å². The molecule has 3 nitrogen and oxygen atoms in total. The van der Waals surface area contributed by atoms with Gasteiger partial charge in [-0.1, -0.05) is 36.7 Å². The molecule has 0 spiro atoms. The van der Waals surface area contributed by atoms with Crippen LogP contribution in [0, 0.1) is 11.8 Å². The molecule has 2 N–H and O–H groups in total. The van der Waals surface area contributed by atoms with Gasteiger partial charge in [0.25, 0.3) is 0 Å². The second-order valence-corrected chi connectivity index (χ2v) is 5.81. The zero-order chi connectivity index (χ0) is 14.5. The Labute approximate surface area is 125 Å². The summed E-state index contributed by atoms with van der Waals surface area (Å²) < 4.78 is 0. The van der Waals surface area contributed by atoms with Crippen LogP contribution in [0.3, 0.4) is 0 Å². The Morgan fingerprint density at radius 2 is 2.25 bits per heavy atom. The van der Waals surface area contributed by atoms with Crippen LogP contribution in [-0.4, -0.2) is 30.4 Å². The summed E-state index contributed by atoms with van der Waals surface area (Å²) in [4.78, 5) is 14.1. The lowest BCUT2D eigenvalue weighted by molar-refractivity contribution is -0.128. The first-order valence-electron chi connectivity index (χ1n) is 7.03. The second kappa shape index (κ2) is 6.91. The molecule has 2 atom stereocenters. The monoisotopic (exact) mass is 292 g/mol. The highest BCUT2D eigenvalue weighted by atomic mass is 35.5. The molecule has 108 valence electrons. The van der Waals surface area contributed by atoms with Gasteiger partial charge in [-0.25, -0.2) is 0 Å². The van der Waals surface area contributed by atoms with Crippen molar-refractivity contribution in [3.63, 3.8) is 0 Å². The molecule has 1 saturated heterocycles. The van der Waals surface area contributed by atoms with E-state index in [1.165, 1.54) is 0 Å². The Bertz CT molecular complexity index is 501. The van der Waals surface area contributed by atoms with Crippen LogP contribution in [0.1, 0.15) is 18.9 Å². The van der Waals surface area contributed by atoms with Crippen LogP contribution in [0.4, 0.5) is 0 Å². The average molecular weight is 293 g/mol. The summed E-state index contributed by atoms with van der Waals surface area (Å²) in [5.74, 6) is 1.05. The Hall–Kier alpha value is -1.32. The van der Waals surface area contributed by atoms with E-state index in [4.69, 9.17) is 17.3 Å². The SMILES string of the molecule is CC1CN(C(=O)/C=C/c2ccccc2Cl)CCC1CN. The van der Waals surface area contributed by atoms with E-state index >= 15 is 0 Å². The van der Waals surface area contributed by atoms with Crippen molar-refractivity contribution in [1.82, 2.24) is 4.90 Å². The fourth-order valence-electron chi connectivity index (χ4n) is 2.62. The molecule has 0 bridgehead atoms. The number of piperidine rings is 1. The van der Waals surface area contributed by atoms with E-state index in [9.17, 15) is 4.79 Å². The maximum Gasteiger partial charge on any atom is 0.246 e. The maximum atomic E-state index is 12.2. The van der Waals surface area contributed by atoms with Crippen LogP contribution in [0.25, 0.3) is 6.08 Å². The molecule has 1 aromatic rings. The fourth-order valence-corrected chi connectivity index (χ4v) is 2.82. The fraction of sp³-hybridized carbons (Fsp3) is 0.438. The number of amides is 1. The summed E-state index contributed by atoms with van der Waals surface area (Å²) in [6.45, 7) is 4.44. The normalized spacial score (nSPS) is 23.2. The van der Waals surface area contributed by atoms with Gasteiger partial charge in [0.05, 0.1) is 0 Å². The van der Waals surface area contributed by atoms with E-state index in [0.717, 1.165) is 25.1 Å². The lowest BCUT2D eigenvalue weighted by Gasteiger charge is -2.35. The molecule has 1 aliphatic rings. The van der Waals surface area contributed by atoms with Gasteiger partial charge in [-0.3, -0.25) is 4.79 Å². The quantitative estimate of drug-likeness (QED) is 0.871. The van der Waals surface area contributed by atoms with E-state index in [-0.39, 0.29) is 5.91 Å². The Morgan fingerprint density at radius 3 is 2.90 bits per heavy atom. The lowest BCUT2D eigenvalue weighted by Crippen LogP contribution is -2.44. The average Bonchev–Trinajstić information content (AvgIpc) is 2.46. The summed E-state index contributed by atoms with van der Waals surface area (Å²) >= 11 is 6.06. The molecule has 2 rings (SSSR count). The molecule has 1 heterocycles. The molecular formula is C16H21ClN2O. The third-order valence-corrected chi connectivity index (χ3v) is 4.35. The number of nitrogens with zero attached hydrogens (tertiary/aromatic N) is 1. The minimum atomic E-state index is 0.0484. The highest BCUT2D eigenvalue weighted by molar-refractivity contribution is 6.32. The van der Waals surface area contributed by atoms with Crippen LogP contribution >= 0.6 is 11.6 Å². The number of hydrogen-bond donors (Lipinski definition) is 1. The molecule has 1 aliphatic heterocycles. The first-order valence-corrected chi connectivity index (χ1v) is 7.41. The molecule has 20 heavy (non-hydrogen) atoms. The van der Waals surface area contributed by atoms with Gasteiger partial charge < -0.3 is 10.6 Å². The zero-order valence-electron chi connectivity index (χ0n) is 11.8. The minimum Gasteiger partial charge on any atom is -0.339 e. The number of rotatable bonds is 3. The zero-order valence-corrected chi connectivity index (χ0v) is 12.5. The van der Waals surface area contributed by atoms with Crippen LogP contribution in [0.5, 0.6) is 0 Å². The van der Waals surface area contributed by atoms with Gasteiger partial charge in [0.2, 0.25) is 5.91 Å². The maximum absolute atomic E-state index is 12.2.